The fourth-order valence-electron chi connectivity index (χ4n) is 4.72. The normalized spacial score (nSPS) is 19.9. The van der Waals surface area contributed by atoms with Gasteiger partial charge in [0.25, 0.3) is 0 Å². The Kier molecular flexibility index (Phi) is 8.28. The number of amides is 4. The van der Waals surface area contributed by atoms with Gasteiger partial charge in [0, 0.05) is 26.6 Å². The first-order chi connectivity index (χ1) is 17.9. The molecule has 1 unspecified atom stereocenters. The standard InChI is InChI=1S/C27H31N5O5/c1-3-14-37-15-13-30-18-24-31(23(26(30)35)16-20-9-11-22(33)12-10-20)25(34)19-29(2)32(24)27(36)28-17-21-7-5-4-6-8-21/h1,4-12,23-24,33H,13-19H2,2H3,(H,28,36)/t23-,24?/m0/s1. The number of nitrogens with one attached hydrogen (secondary N) is 1. The molecule has 194 valence electrons. The third-order valence-electron chi connectivity index (χ3n) is 6.49. The average Bonchev–Trinajstić information content (AvgIpc) is 2.89. The lowest BCUT2D eigenvalue weighted by molar-refractivity contribution is -0.187. The summed E-state index contributed by atoms with van der Waals surface area (Å²) < 4.78 is 5.40. The predicted octanol–water partition coefficient (Wildman–Crippen LogP) is 1.02. The van der Waals surface area contributed by atoms with Crippen molar-refractivity contribution in [3.05, 3.63) is 65.7 Å². The molecule has 2 aliphatic heterocycles. The van der Waals surface area contributed by atoms with E-state index in [0.717, 1.165) is 11.1 Å². The lowest BCUT2D eigenvalue weighted by Gasteiger charge is -2.54. The lowest BCUT2D eigenvalue weighted by atomic mass is 9.98. The van der Waals surface area contributed by atoms with Crippen molar-refractivity contribution < 1.29 is 24.2 Å². The largest absolute Gasteiger partial charge is 0.508 e. The van der Waals surface area contributed by atoms with E-state index >= 15 is 0 Å². The molecule has 0 aliphatic carbocycles. The van der Waals surface area contributed by atoms with E-state index in [2.05, 4.69) is 11.2 Å². The number of benzene rings is 2. The Morgan fingerprint density at radius 3 is 2.57 bits per heavy atom. The maximum Gasteiger partial charge on any atom is 0.334 e. The van der Waals surface area contributed by atoms with Crippen LogP contribution in [0.2, 0.25) is 0 Å². The first-order valence-electron chi connectivity index (χ1n) is 12.1. The molecule has 10 nitrogen and oxygen atoms in total. The summed E-state index contributed by atoms with van der Waals surface area (Å²) in [7, 11) is 1.68. The minimum Gasteiger partial charge on any atom is -0.508 e. The van der Waals surface area contributed by atoms with E-state index in [-0.39, 0.29) is 62.9 Å². The SMILES string of the molecule is C#CCOCCN1CC2N(C(=O)CN(C)N2C(=O)NCc2ccccc2)[C@@H](Cc2ccc(O)cc2)C1=O. The Hall–Kier alpha value is -4.07. The highest BCUT2D eigenvalue weighted by Gasteiger charge is 2.50. The second-order valence-electron chi connectivity index (χ2n) is 9.01. The molecule has 2 saturated heterocycles. The molecule has 2 aromatic rings. The number of nitrogens with zero attached hydrogens (tertiary/aromatic N) is 4. The Morgan fingerprint density at radius 1 is 1.14 bits per heavy atom. The van der Waals surface area contributed by atoms with Crippen LogP contribution in [0.4, 0.5) is 4.79 Å². The molecule has 37 heavy (non-hydrogen) atoms. The van der Waals surface area contributed by atoms with Gasteiger partial charge in [0.15, 0.2) is 0 Å². The first-order valence-corrected chi connectivity index (χ1v) is 12.1. The molecule has 2 N–H and O–H groups in total. The number of carbonyl (C=O) groups is 3. The van der Waals surface area contributed by atoms with E-state index in [1.807, 2.05) is 30.3 Å². The van der Waals surface area contributed by atoms with Crippen molar-refractivity contribution in [2.24, 2.45) is 0 Å². The van der Waals surface area contributed by atoms with Gasteiger partial charge >= 0.3 is 6.03 Å². The summed E-state index contributed by atoms with van der Waals surface area (Å²) in [5.41, 5.74) is 1.73. The van der Waals surface area contributed by atoms with E-state index in [1.165, 1.54) is 9.91 Å². The number of fused-ring (bicyclic) bond motifs is 1. The maximum absolute atomic E-state index is 13.6. The minimum atomic E-state index is -0.818. The van der Waals surface area contributed by atoms with Gasteiger partial charge in [-0.25, -0.2) is 14.8 Å². The van der Waals surface area contributed by atoms with Crippen LogP contribution >= 0.6 is 0 Å². The number of phenolic OH excluding ortho intramolecular Hbond substituents is 1. The Balaban J connectivity index is 1.59. The van der Waals surface area contributed by atoms with Crippen molar-refractivity contribution in [1.82, 2.24) is 25.1 Å². The van der Waals surface area contributed by atoms with Gasteiger partial charge in [0.1, 0.15) is 24.6 Å². The summed E-state index contributed by atoms with van der Waals surface area (Å²) in [5, 5.41) is 15.7. The third kappa shape index (κ3) is 6.02. The van der Waals surface area contributed by atoms with Crippen LogP contribution in [0.5, 0.6) is 5.75 Å². The van der Waals surface area contributed by atoms with Crippen LogP contribution < -0.4 is 5.32 Å². The second-order valence-corrected chi connectivity index (χ2v) is 9.01. The van der Waals surface area contributed by atoms with Gasteiger partial charge < -0.3 is 25.0 Å². The molecule has 0 aromatic heterocycles. The summed E-state index contributed by atoms with van der Waals surface area (Å²) in [5.74, 6) is 2.05. The van der Waals surface area contributed by atoms with Crippen molar-refractivity contribution in [3.63, 3.8) is 0 Å². The topological polar surface area (TPSA) is 106 Å². The number of hydrogen-bond donors (Lipinski definition) is 2. The number of carbonyl (C=O) groups excluding carboxylic acids is 3. The van der Waals surface area contributed by atoms with E-state index < -0.39 is 12.2 Å². The van der Waals surface area contributed by atoms with E-state index in [4.69, 9.17) is 11.2 Å². The number of hydrogen-bond acceptors (Lipinski definition) is 6. The van der Waals surface area contributed by atoms with Crippen LogP contribution in [0.3, 0.4) is 0 Å². The van der Waals surface area contributed by atoms with Gasteiger partial charge in [-0.3, -0.25) is 9.59 Å². The fourth-order valence-corrected chi connectivity index (χ4v) is 4.72. The van der Waals surface area contributed by atoms with Crippen LogP contribution in [0, 0.1) is 12.3 Å². The number of urea groups is 1. The van der Waals surface area contributed by atoms with Crippen molar-refractivity contribution in [3.8, 4) is 18.1 Å². The number of likely N-dealkylation sites (N-methyl/N-ethyl adjacent to an activating group) is 1. The zero-order chi connectivity index (χ0) is 26.4. The average molecular weight is 506 g/mol. The van der Waals surface area contributed by atoms with E-state index in [0.29, 0.717) is 6.54 Å². The molecule has 4 rings (SSSR count). The molecule has 4 amide bonds. The van der Waals surface area contributed by atoms with Crippen LogP contribution in [-0.4, -0.2) is 94.9 Å². The summed E-state index contributed by atoms with van der Waals surface area (Å²) in [6, 6.07) is 14.9. The summed E-state index contributed by atoms with van der Waals surface area (Å²) >= 11 is 0. The molecule has 2 aromatic carbocycles. The molecule has 0 bridgehead atoms. The van der Waals surface area contributed by atoms with Crippen molar-refractivity contribution in [1.29, 1.82) is 0 Å². The molecule has 0 spiro atoms. The zero-order valence-electron chi connectivity index (χ0n) is 20.7. The number of piperazine rings is 1. The van der Waals surface area contributed by atoms with Gasteiger partial charge in [0.05, 0.1) is 19.7 Å². The third-order valence-corrected chi connectivity index (χ3v) is 6.49. The molecule has 2 heterocycles. The van der Waals surface area contributed by atoms with E-state index in [1.54, 1.807) is 41.2 Å². The molecular weight excluding hydrogens is 474 g/mol. The van der Waals surface area contributed by atoms with Gasteiger partial charge in [-0.2, -0.15) is 0 Å². The zero-order valence-corrected chi connectivity index (χ0v) is 20.7. The first kappa shape index (κ1) is 26.0. The van der Waals surface area contributed by atoms with E-state index in [9.17, 15) is 19.5 Å². The lowest BCUT2D eigenvalue weighted by Crippen LogP contribution is -2.76. The summed E-state index contributed by atoms with van der Waals surface area (Å²) in [6.07, 6.45) is 4.80. The number of phenols is 1. The Labute approximate surface area is 216 Å². The number of hydrazine groups is 1. The molecule has 0 saturated carbocycles. The van der Waals surface area contributed by atoms with Crippen LogP contribution in [0.25, 0.3) is 0 Å². The number of terminal acetylenes is 1. The smallest absolute Gasteiger partial charge is 0.334 e. The Morgan fingerprint density at radius 2 is 1.86 bits per heavy atom. The van der Waals surface area contributed by atoms with Crippen molar-refractivity contribution >= 4 is 17.8 Å². The van der Waals surface area contributed by atoms with Crippen molar-refractivity contribution in [2.75, 3.05) is 39.9 Å². The van der Waals surface area contributed by atoms with Crippen LogP contribution in [0.15, 0.2) is 54.6 Å². The predicted molar refractivity (Wildman–Crippen MR) is 136 cm³/mol. The molecule has 10 heteroatoms. The van der Waals surface area contributed by atoms with Gasteiger partial charge in [-0.15, -0.1) is 6.42 Å². The van der Waals surface area contributed by atoms with Gasteiger partial charge in [0.2, 0.25) is 11.8 Å². The number of aromatic hydroxyl groups is 1. The summed E-state index contributed by atoms with van der Waals surface area (Å²) in [4.78, 5) is 43.4. The van der Waals surface area contributed by atoms with Gasteiger partial charge in [-0.1, -0.05) is 48.4 Å². The molecular formula is C27H31N5O5. The molecule has 2 fully saturated rings. The second kappa shape index (κ2) is 11.8. The number of ether oxygens (including phenoxy) is 1. The highest BCUT2D eigenvalue weighted by atomic mass is 16.5. The quantitative estimate of drug-likeness (QED) is 0.410. The highest BCUT2D eigenvalue weighted by molar-refractivity contribution is 5.91. The molecule has 0 radical (unpaired) electrons. The van der Waals surface area contributed by atoms with Crippen LogP contribution in [0.1, 0.15) is 11.1 Å². The van der Waals surface area contributed by atoms with Crippen molar-refractivity contribution in [2.45, 2.75) is 25.2 Å². The monoisotopic (exact) mass is 505 g/mol. The highest BCUT2D eigenvalue weighted by Crippen LogP contribution is 2.28. The van der Waals surface area contributed by atoms with Crippen LogP contribution in [-0.2, 0) is 27.3 Å². The molecule has 2 atom stereocenters. The maximum atomic E-state index is 13.6. The summed E-state index contributed by atoms with van der Waals surface area (Å²) in [6.45, 7) is 1.06. The number of rotatable bonds is 8. The molecule has 2 aliphatic rings. The minimum absolute atomic E-state index is 0.0418. The Bertz CT molecular complexity index is 1150. The fraction of sp³-hybridized carbons (Fsp3) is 0.370. The van der Waals surface area contributed by atoms with Gasteiger partial charge in [-0.05, 0) is 23.3 Å².